The Hall–Kier alpha value is -7.59. The number of amides is 5. The fourth-order valence-electron chi connectivity index (χ4n) is 11.3. The Balaban J connectivity index is 0.877. The van der Waals surface area contributed by atoms with E-state index in [1.807, 2.05) is 62.4 Å². The number of aliphatic hydroxyl groups excluding tert-OH is 2. The fourth-order valence-corrected chi connectivity index (χ4v) is 11.3. The third kappa shape index (κ3) is 18.2. The Bertz CT molecular complexity index is 2960. The molecule has 3 aromatic carbocycles. The van der Waals surface area contributed by atoms with Gasteiger partial charge < -0.3 is 69.5 Å². The topological polar surface area (TPSA) is 281 Å². The van der Waals surface area contributed by atoms with Crippen LogP contribution in [0.3, 0.4) is 0 Å². The zero-order valence-corrected chi connectivity index (χ0v) is 51.6. The first-order valence-electron chi connectivity index (χ1n) is 30.1. The highest BCUT2D eigenvalue weighted by Crippen LogP contribution is 2.45. The summed E-state index contributed by atoms with van der Waals surface area (Å²) in [4.78, 5) is 95.7. The summed E-state index contributed by atoms with van der Waals surface area (Å²) < 4.78 is 35.0. The number of nitrogens with zero attached hydrogens (tertiary/aromatic N) is 2. The average Bonchev–Trinajstić information content (AvgIpc) is 1.73. The van der Waals surface area contributed by atoms with Crippen LogP contribution in [0.25, 0.3) is 11.1 Å². The third-order valence-electron chi connectivity index (χ3n) is 16.6. The van der Waals surface area contributed by atoms with E-state index in [1.165, 1.54) is 23.6 Å². The fraction of sp³-hybridized carbons (Fsp3) is 0.530. The van der Waals surface area contributed by atoms with E-state index in [2.05, 4.69) is 16.0 Å². The smallest absolute Gasteiger partial charge is 0.410 e. The Labute approximate surface area is 509 Å². The Morgan fingerprint density at radius 2 is 1.47 bits per heavy atom. The molecule has 0 radical (unpaired) electrons. The van der Waals surface area contributed by atoms with Gasteiger partial charge in [0.25, 0.3) is 0 Å². The molecule has 2 saturated heterocycles. The van der Waals surface area contributed by atoms with Gasteiger partial charge in [-0.05, 0) is 104 Å². The van der Waals surface area contributed by atoms with Crippen LogP contribution in [0.5, 0.6) is 0 Å². The van der Waals surface area contributed by atoms with Crippen molar-refractivity contribution in [2.75, 3.05) is 38.1 Å². The highest BCUT2D eigenvalue weighted by molar-refractivity contribution is 5.98. The lowest BCUT2D eigenvalue weighted by Crippen LogP contribution is -2.53. The molecule has 5 amide bonds. The number of fused-ring (bicyclic) bond motifs is 3. The molecule has 472 valence electrons. The van der Waals surface area contributed by atoms with Crippen molar-refractivity contribution in [3.63, 3.8) is 0 Å². The summed E-state index contributed by atoms with van der Waals surface area (Å²) >= 11 is 0. The predicted molar refractivity (Wildman–Crippen MR) is 324 cm³/mol. The normalized spacial score (nSPS) is 24.9. The number of aliphatic hydroxyl groups is 3. The van der Waals surface area contributed by atoms with Crippen molar-refractivity contribution < 1.29 is 77.3 Å². The quantitative estimate of drug-likeness (QED) is 0.0204. The molecule has 7 rings (SSSR count). The van der Waals surface area contributed by atoms with Gasteiger partial charge >= 0.3 is 30.2 Å². The van der Waals surface area contributed by atoms with Gasteiger partial charge in [-0.2, -0.15) is 0 Å². The lowest BCUT2D eigenvalue weighted by molar-refractivity contribution is -0.168. The SMILES string of the molecule is CC[C@H](O)[C@@H](C)[C@H]1O[C@@H]1C[C@@](C)(O)/C=C/C=C(\C)[C@H]1OC(=O)C[C@H](O)CC[C@@](C)(OC(C)=O)[C@@H](OC(=O)N2CCN(C(=O)OCc3ccc(NC(=O)[C@H](C)NC(=O)[C@@H](NC(=O)OCC4c5ccccc5-c5ccccc54)C(C)C)cc3)CC2)/C=C/[C@@H]1C. The molecule has 0 spiro atoms. The maximum absolute atomic E-state index is 14.0. The number of epoxide rings is 1. The Kier molecular flexibility index (Phi) is 23.0. The Morgan fingerprint density at radius 3 is 2.08 bits per heavy atom. The van der Waals surface area contributed by atoms with Crippen LogP contribution in [0.15, 0.2) is 109 Å². The first kappa shape index (κ1) is 66.9. The predicted octanol–water partition coefficient (Wildman–Crippen LogP) is 8.24. The molecule has 87 heavy (non-hydrogen) atoms. The number of anilines is 1. The molecule has 0 unspecified atom stereocenters. The highest BCUT2D eigenvalue weighted by atomic mass is 16.6. The minimum absolute atomic E-state index is 0.00786. The Morgan fingerprint density at radius 1 is 0.851 bits per heavy atom. The van der Waals surface area contributed by atoms with E-state index >= 15 is 0 Å². The van der Waals surface area contributed by atoms with Gasteiger partial charge in [-0.1, -0.05) is 120 Å². The number of rotatable bonds is 20. The van der Waals surface area contributed by atoms with Gasteiger partial charge in [0.2, 0.25) is 11.8 Å². The molecule has 12 atom stereocenters. The average molecular weight is 1210 g/mol. The number of piperazine rings is 1. The number of alkyl carbamates (subject to hydrolysis) is 1. The van der Waals surface area contributed by atoms with Crippen LogP contribution in [0.4, 0.5) is 20.1 Å². The summed E-state index contributed by atoms with van der Waals surface area (Å²) in [7, 11) is 0. The van der Waals surface area contributed by atoms with E-state index in [0.717, 1.165) is 22.3 Å². The number of esters is 2. The standard InChI is InChI=1S/C66H87N5O16/c1-11-53(74)42(6)59-54(84-59)36-65(9,81)29-16-17-40(4)58-41(5)22-27-55(66(10,87-44(8)72)30-28-47(73)35-56(75)86-58)85-64(80)71-33-31-70(32-34-71)63(79)83-37-45-23-25-46(26-24-45)68-60(76)43(7)67-61(77)57(39(2)3)69-62(78)82-38-52-50-20-14-12-18-48(50)49-19-13-15-21-51(49)52/h12-27,29,39,41-43,47,52-55,57-59,73-74,81H,11,28,30-38H2,1-10H3,(H,67,77)(H,68,76)(H,69,78)/b27-22+,29-16+,40-17+/t41-,42+,43-,47+,53-,54+,55-,57-,58+,59+,65-,66+/m0/s1. The number of cyclic esters (lactones) is 1. The van der Waals surface area contributed by atoms with Crippen LogP contribution in [-0.4, -0.2) is 160 Å². The molecule has 6 N–H and O–H groups in total. The monoisotopic (exact) mass is 1210 g/mol. The largest absolute Gasteiger partial charge is 0.457 e. The van der Waals surface area contributed by atoms with Gasteiger partial charge in [0.1, 0.15) is 37.0 Å². The van der Waals surface area contributed by atoms with E-state index in [-0.39, 0.29) is 88.6 Å². The van der Waals surface area contributed by atoms with Crippen molar-refractivity contribution in [1.82, 2.24) is 20.4 Å². The number of hydrogen-bond acceptors (Lipinski definition) is 16. The van der Waals surface area contributed by atoms with Gasteiger partial charge in [-0.15, -0.1) is 0 Å². The van der Waals surface area contributed by atoms with Crippen LogP contribution >= 0.6 is 0 Å². The molecule has 0 saturated carbocycles. The van der Waals surface area contributed by atoms with Gasteiger partial charge in [-0.25, -0.2) is 14.4 Å². The van der Waals surface area contributed by atoms with Crippen LogP contribution in [0.1, 0.15) is 124 Å². The third-order valence-corrected chi connectivity index (χ3v) is 16.6. The van der Waals surface area contributed by atoms with Crippen molar-refractivity contribution in [2.24, 2.45) is 17.8 Å². The first-order chi connectivity index (χ1) is 41.3. The molecule has 3 aliphatic heterocycles. The molecule has 1 aliphatic carbocycles. The second-order valence-electron chi connectivity index (χ2n) is 24.2. The number of carbonyl (C=O) groups is 7. The summed E-state index contributed by atoms with van der Waals surface area (Å²) in [5.41, 5.74) is 3.24. The maximum atomic E-state index is 14.0. The number of carbonyl (C=O) groups excluding carboxylic acids is 7. The summed E-state index contributed by atoms with van der Waals surface area (Å²) in [6, 6.07) is 20.6. The van der Waals surface area contributed by atoms with Crippen molar-refractivity contribution in [1.29, 1.82) is 0 Å². The van der Waals surface area contributed by atoms with Crippen molar-refractivity contribution in [3.8, 4) is 11.1 Å². The zero-order valence-electron chi connectivity index (χ0n) is 51.6. The molecule has 0 aromatic heterocycles. The van der Waals surface area contributed by atoms with Crippen LogP contribution < -0.4 is 16.0 Å². The zero-order chi connectivity index (χ0) is 63.3. The number of hydrogen-bond donors (Lipinski definition) is 6. The minimum atomic E-state index is -1.48. The van der Waals surface area contributed by atoms with Gasteiger partial charge in [0, 0.05) is 63.0 Å². The first-order valence-corrected chi connectivity index (χ1v) is 30.1. The molecule has 3 aromatic rings. The van der Waals surface area contributed by atoms with Crippen LogP contribution in [0, 0.1) is 17.8 Å². The van der Waals surface area contributed by atoms with E-state index in [1.54, 1.807) is 96.2 Å². The van der Waals surface area contributed by atoms with Crippen molar-refractivity contribution in [3.05, 3.63) is 125 Å². The van der Waals surface area contributed by atoms with Crippen LogP contribution in [0.2, 0.25) is 0 Å². The summed E-state index contributed by atoms with van der Waals surface area (Å²) in [6.45, 7) is 17.3. The number of ether oxygens (including phenoxy) is 6. The van der Waals surface area contributed by atoms with E-state index in [4.69, 9.17) is 28.4 Å². The minimum Gasteiger partial charge on any atom is -0.457 e. The molecule has 21 nitrogen and oxygen atoms in total. The summed E-state index contributed by atoms with van der Waals surface area (Å²) in [5.74, 6) is -3.45. The number of benzene rings is 3. The van der Waals surface area contributed by atoms with Crippen molar-refractivity contribution >= 4 is 47.7 Å². The van der Waals surface area contributed by atoms with Gasteiger partial charge in [0.05, 0.1) is 36.4 Å². The number of nitrogens with one attached hydrogen (secondary N) is 3. The molecule has 2 fully saturated rings. The molecule has 0 bridgehead atoms. The second kappa shape index (κ2) is 29.9. The van der Waals surface area contributed by atoms with Crippen molar-refractivity contribution in [2.45, 2.75) is 174 Å². The highest BCUT2D eigenvalue weighted by Gasteiger charge is 2.47. The lowest BCUT2D eigenvalue weighted by Gasteiger charge is -2.38. The van der Waals surface area contributed by atoms with E-state index < -0.39 is 95.7 Å². The summed E-state index contributed by atoms with van der Waals surface area (Å²) in [5, 5.41) is 40.6. The molecule has 3 heterocycles. The molecular weight excluding hydrogens is 1120 g/mol. The molecule has 21 heteroatoms. The molecular formula is C66H87N5O16. The summed E-state index contributed by atoms with van der Waals surface area (Å²) in [6.07, 6.45) is 2.74. The number of allylic oxidation sites excluding steroid dienone is 2. The maximum Gasteiger partial charge on any atom is 0.410 e. The van der Waals surface area contributed by atoms with E-state index in [9.17, 15) is 48.9 Å². The lowest BCUT2D eigenvalue weighted by atomic mass is 9.88. The second-order valence-corrected chi connectivity index (χ2v) is 24.2. The van der Waals surface area contributed by atoms with Gasteiger partial charge in [-0.3, -0.25) is 19.2 Å². The molecule has 4 aliphatic rings. The van der Waals surface area contributed by atoms with Gasteiger partial charge in [0.15, 0.2) is 6.10 Å². The van der Waals surface area contributed by atoms with E-state index in [0.29, 0.717) is 29.7 Å². The van der Waals surface area contributed by atoms with Crippen LogP contribution in [-0.2, 0) is 54.2 Å².